The number of anilines is 2. The van der Waals surface area contributed by atoms with Crippen molar-refractivity contribution in [2.45, 2.75) is 101 Å². The molecule has 8 nitrogen and oxygen atoms in total. The standard InChI is InChI=1S/C34H46N4O4/c39-31(40)19-35-13-5-7-22(18-35)34-36(20-32(41)42)28-11-1-2-12-29(28)38(34)25-16-23-8-4-9-24(17-25)37(23)30-15-21-6-3-10-26-27(14-21)33(26)30/h1-2,11-12,21,23-27,30,33H,3-10,13-20H2,(H,39,40)(H,41,42). The molecule has 4 bridgehead atoms. The fourth-order valence-corrected chi connectivity index (χ4v) is 10.8. The lowest BCUT2D eigenvalue weighted by molar-refractivity contribution is -0.138. The van der Waals surface area contributed by atoms with Crippen LogP contribution >= 0.6 is 0 Å². The summed E-state index contributed by atoms with van der Waals surface area (Å²) in [7, 11) is 0. The molecule has 42 heavy (non-hydrogen) atoms. The summed E-state index contributed by atoms with van der Waals surface area (Å²) in [6.45, 7) is 1.30. The summed E-state index contributed by atoms with van der Waals surface area (Å²) >= 11 is 0. The number of carboxylic acid groups (broad SMARTS) is 2. The van der Waals surface area contributed by atoms with Gasteiger partial charge in [-0.25, -0.2) is 0 Å². The van der Waals surface area contributed by atoms with Crippen LogP contribution in [0.4, 0.5) is 11.4 Å². The highest BCUT2D eigenvalue weighted by Crippen LogP contribution is 2.64. The molecule has 1 aromatic carbocycles. The largest absolute Gasteiger partial charge is 0.480 e. The molecule has 1 aromatic rings. The Labute approximate surface area is 249 Å². The third-order valence-electron chi connectivity index (χ3n) is 12.2. The molecule has 3 saturated heterocycles. The molecule has 8 heteroatoms. The van der Waals surface area contributed by atoms with E-state index in [9.17, 15) is 19.8 Å². The second-order valence-electron chi connectivity index (χ2n) is 14.5. The summed E-state index contributed by atoms with van der Waals surface area (Å²) in [4.78, 5) is 33.4. The molecule has 3 aliphatic carbocycles. The van der Waals surface area contributed by atoms with Gasteiger partial charge in [-0.1, -0.05) is 31.4 Å². The van der Waals surface area contributed by atoms with E-state index in [-0.39, 0.29) is 13.1 Å². The second-order valence-corrected chi connectivity index (χ2v) is 14.5. The minimum Gasteiger partial charge on any atom is -0.480 e. The van der Waals surface area contributed by atoms with Crippen molar-refractivity contribution in [3.63, 3.8) is 0 Å². The Hall–Kier alpha value is -2.58. The molecule has 0 aromatic heterocycles. The van der Waals surface area contributed by atoms with E-state index in [1.807, 2.05) is 15.9 Å². The molecular formula is C34H46N4O4. The maximum Gasteiger partial charge on any atom is 0.323 e. The Morgan fingerprint density at radius 1 is 0.786 bits per heavy atom. The molecule has 0 spiro atoms. The molecule has 7 atom stereocenters. The Kier molecular flexibility index (Phi) is 6.78. The average molecular weight is 575 g/mol. The van der Waals surface area contributed by atoms with E-state index in [2.05, 4.69) is 28.0 Å². The van der Waals surface area contributed by atoms with Gasteiger partial charge in [0.25, 0.3) is 0 Å². The number of likely N-dealkylation sites (tertiary alicyclic amines) is 1. The number of rotatable bonds is 6. The highest BCUT2D eigenvalue weighted by atomic mass is 16.4. The van der Waals surface area contributed by atoms with Gasteiger partial charge in [0.1, 0.15) is 12.4 Å². The predicted octanol–water partition coefficient (Wildman–Crippen LogP) is 5.00. The van der Waals surface area contributed by atoms with Gasteiger partial charge in [0.05, 0.1) is 17.9 Å². The van der Waals surface area contributed by atoms with Gasteiger partial charge in [-0.2, -0.15) is 0 Å². The number of aliphatic carboxylic acids is 2. The van der Waals surface area contributed by atoms with E-state index < -0.39 is 11.9 Å². The second kappa shape index (κ2) is 10.5. The Morgan fingerprint density at radius 3 is 2.29 bits per heavy atom. The molecule has 0 amide bonds. The molecule has 6 fully saturated rings. The van der Waals surface area contributed by atoms with Crippen LogP contribution in [-0.4, -0.2) is 82.3 Å². The number of para-hydroxylation sites is 2. The summed E-state index contributed by atoms with van der Waals surface area (Å²) in [5.74, 6) is 3.26. The Balaban J connectivity index is 1.13. The molecule has 8 rings (SSSR count). The van der Waals surface area contributed by atoms with Crippen molar-refractivity contribution in [3.8, 4) is 0 Å². The number of benzene rings is 1. The first-order chi connectivity index (χ1) is 20.5. The summed E-state index contributed by atoms with van der Waals surface area (Å²) in [6.07, 6.45) is 15.2. The molecule has 4 heterocycles. The highest BCUT2D eigenvalue weighted by molar-refractivity contribution is 5.88. The first-order valence-electron chi connectivity index (χ1n) is 16.8. The van der Waals surface area contributed by atoms with E-state index in [0.29, 0.717) is 24.7 Å². The normalized spacial score (nSPS) is 39.5. The molecule has 2 N–H and O–H groups in total. The number of nitrogens with zero attached hydrogens (tertiary/aromatic N) is 4. The Bertz CT molecular complexity index is 1260. The van der Waals surface area contributed by atoms with Gasteiger partial charge < -0.3 is 20.0 Å². The van der Waals surface area contributed by atoms with Gasteiger partial charge in [-0.3, -0.25) is 19.4 Å². The van der Waals surface area contributed by atoms with E-state index in [1.165, 1.54) is 56.9 Å². The zero-order chi connectivity index (χ0) is 28.5. The smallest absolute Gasteiger partial charge is 0.323 e. The molecule has 3 saturated carbocycles. The van der Waals surface area contributed by atoms with Crippen LogP contribution in [-0.2, 0) is 9.59 Å². The fraction of sp³-hybridized carbons (Fsp3) is 0.706. The van der Waals surface area contributed by atoms with Crippen molar-refractivity contribution in [2.75, 3.05) is 36.0 Å². The quantitative estimate of drug-likeness (QED) is 0.491. The number of carboxylic acids is 2. The molecule has 7 aliphatic rings. The number of hydrogen-bond acceptors (Lipinski definition) is 6. The van der Waals surface area contributed by atoms with Crippen LogP contribution in [0.15, 0.2) is 35.7 Å². The predicted molar refractivity (Wildman–Crippen MR) is 161 cm³/mol. The van der Waals surface area contributed by atoms with E-state index in [1.54, 1.807) is 0 Å². The van der Waals surface area contributed by atoms with Crippen molar-refractivity contribution < 1.29 is 19.8 Å². The van der Waals surface area contributed by atoms with Crippen LogP contribution < -0.4 is 9.80 Å². The number of piperidine rings is 3. The average Bonchev–Trinajstić information content (AvgIpc) is 3.59. The number of fused-ring (bicyclic) bond motifs is 5. The van der Waals surface area contributed by atoms with Crippen molar-refractivity contribution in [3.05, 3.63) is 35.7 Å². The SMILES string of the molecule is O=C(O)CN1CCCC(=C2N(CC(=O)O)c3ccccc3N2C2CC3CCCC(C2)N3C2CC3CCCC4C(C3)C42)C1. The van der Waals surface area contributed by atoms with Crippen molar-refractivity contribution in [2.24, 2.45) is 23.7 Å². The minimum atomic E-state index is -0.837. The van der Waals surface area contributed by atoms with Crippen LogP contribution in [0.2, 0.25) is 0 Å². The monoisotopic (exact) mass is 574 g/mol. The van der Waals surface area contributed by atoms with Gasteiger partial charge in [0.15, 0.2) is 0 Å². The highest BCUT2D eigenvalue weighted by Gasteiger charge is 2.61. The summed E-state index contributed by atoms with van der Waals surface area (Å²) in [5.41, 5.74) is 3.29. The van der Waals surface area contributed by atoms with Crippen molar-refractivity contribution >= 4 is 23.3 Å². The van der Waals surface area contributed by atoms with Gasteiger partial charge in [-0.15, -0.1) is 0 Å². The lowest BCUT2D eigenvalue weighted by Gasteiger charge is -2.55. The lowest BCUT2D eigenvalue weighted by atomic mass is 9.75. The van der Waals surface area contributed by atoms with Crippen LogP contribution in [0.1, 0.15) is 77.0 Å². The Morgan fingerprint density at radius 2 is 1.52 bits per heavy atom. The van der Waals surface area contributed by atoms with E-state index in [0.717, 1.165) is 79.1 Å². The third-order valence-corrected chi connectivity index (χ3v) is 12.2. The first-order valence-corrected chi connectivity index (χ1v) is 16.8. The number of hydrogen-bond donors (Lipinski definition) is 2. The minimum absolute atomic E-state index is 0.0245. The van der Waals surface area contributed by atoms with E-state index in [4.69, 9.17) is 0 Å². The van der Waals surface area contributed by atoms with Gasteiger partial charge in [0, 0.05) is 30.7 Å². The summed E-state index contributed by atoms with van der Waals surface area (Å²) < 4.78 is 0. The molecule has 7 unspecified atom stereocenters. The van der Waals surface area contributed by atoms with Crippen molar-refractivity contribution in [1.82, 2.24) is 9.80 Å². The fourth-order valence-electron chi connectivity index (χ4n) is 10.8. The first kappa shape index (κ1) is 27.0. The zero-order valence-electron chi connectivity index (χ0n) is 24.7. The maximum atomic E-state index is 12.2. The number of carbonyl (C=O) groups is 2. The van der Waals surface area contributed by atoms with Crippen LogP contribution in [0.3, 0.4) is 0 Å². The van der Waals surface area contributed by atoms with Crippen LogP contribution in [0.5, 0.6) is 0 Å². The van der Waals surface area contributed by atoms with Gasteiger partial charge in [-0.05, 0) is 106 Å². The molecule has 0 radical (unpaired) electrons. The van der Waals surface area contributed by atoms with Crippen LogP contribution in [0, 0.1) is 23.7 Å². The van der Waals surface area contributed by atoms with E-state index >= 15 is 0 Å². The molecule has 226 valence electrons. The topological polar surface area (TPSA) is 87.6 Å². The summed E-state index contributed by atoms with van der Waals surface area (Å²) in [5, 5.41) is 19.5. The van der Waals surface area contributed by atoms with Gasteiger partial charge >= 0.3 is 11.9 Å². The third kappa shape index (κ3) is 4.55. The van der Waals surface area contributed by atoms with Gasteiger partial charge in [0.2, 0.25) is 0 Å². The molecule has 4 aliphatic heterocycles. The lowest BCUT2D eigenvalue weighted by Crippen LogP contribution is -2.61. The maximum absolute atomic E-state index is 12.2. The summed E-state index contributed by atoms with van der Waals surface area (Å²) in [6, 6.07) is 10.7. The zero-order valence-corrected chi connectivity index (χ0v) is 24.7. The van der Waals surface area contributed by atoms with Crippen LogP contribution in [0.25, 0.3) is 0 Å². The molecular weight excluding hydrogens is 528 g/mol. The van der Waals surface area contributed by atoms with Crippen molar-refractivity contribution in [1.29, 1.82) is 0 Å².